The molecule has 3 aromatic carbocycles. The number of aromatic nitrogens is 2. The molecule has 0 spiro atoms. The van der Waals surface area contributed by atoms with Crippen molar-refractivity contribution in [2.24, 2.45) is 0 Å². The summed E-state index contributed by atoms with van der Waals surface area (Å²) in [6.45, 7) is -0.138. The molecule has 4 aromatic rings. The maximum atomic E-state index is 14.6. The minimum Gasteiger partial charge on any atom is -0.288 e. The highest BCUT2D eigenvalue weighted by Gasteiger charge is 2.32. The summed E-state index contributed by atoms with van der Waals surface area (Å²) in [5.41, 5.74) is -1.73. The number of fused-ring (bicyclic) bond motifs is 1. The van der Waals surface area contributed by atoms with E-state index in [0.29, 0.717) is 28.3 Å². The standard InChI is InChI=1S/C23H15F4N3O4/c24-17-10-9-15(23(25,26)27)11-19(17)30-21(32)16-3-1-2-4-18(16)29(22(30)33)12-13-5-7-14(8-6-13)20(31)28-34/h1-11,34H,12H2,(H,28,31). The van der Waals surface area contributed by atoms with Crippen molar-refractivity contribution in [2.75, 3.05) is 0 Å². The third-order valence-electron chi connectivity index (χ3n) is 5.22. The predicted molar refractivity (Wildman–Crippen MR) is 114 cm³/mol. The molecule has 1 aromatic heterocycles. The van der Waals surface area contributed by atoms with E-state index < -0.39 is 40.4 Å². The summed E-state index contributed by atoms with van der Waals surface area (Å²) in [4.78, 5) is 37.9. The van der Waals surface area contributed by atoms with Gasteiger partial charge in [-0.3, -0.25) is 19.4 Å². The van der Waals surface area contributed by atoms with E-state index in [1.165, 1.54) is 47.9 Å². The number of nitrogens with one attached hydrogen (secondary N) is 1. The molecule has 0 aliphatic rings. The molecule has 0 aliphatic carbocycles. The molecule has 1 amide bonds. The number of para-hydroxylation sites is 1. The van der Waals surface area contributed by atoms with Gasteiger partial charge < -0.3 is 0 Å². The fourth-order valence-corrected chi connectivity index (χ4v) is 3.56. The summed E-state index contributed by atoms with van der Waals surface area (Å²) in [6.07, 6.45) is -4.81. The molecule has 2 N–H and O–H groups in total. The molecule has 0 radical (unpaired) electrons. The molecule has 0 fully saturated rings. The smallest absolute Gasteiger partial charge is 0.288 e. The van der Waals surface area contributed by atoms with Crippen LogP contribution in [0.4, 0.5) is 17.6 Å². The maximum absolute atomic E-state index is 14.6. The van der Waals surface area contributed by atoms with Gasteiger partial charge in [-0.1, -0.05) is 24.3 Å². The second-order valence-corrected chi connectivity index (χ2v) is 7.33. The van der Waals surface area contributed by atoms with Crippen LogP contribution in [0.3, 0.4) is 0 Å². The van der Waals surface area contributed by atoms with Crippen LogP contribution >= 0.6 is 0 Å². The molecule has 0 bridgehead atoms. The summed E-state index contributed by atoms with van der Waals surface area (Å²) < 4.78 is 55.7. The Balaban J connectivity index is 1.94. The predicted octanol–water partition coefficient (Wildman–Crippen LogP) is 3.48. The number of alkyl halides is 3. The maximum Gasteiger partial charge on any atom is 0.416 e. The quantitative estimate of drug-likeness (QED) is 0.270. The number of halogens is 4. The molecule has 1 heterocycles. The zero-order valence-corrected chi connectivity index (χ0v) is 17.1. The monoisotopic (exact) mass is 473 g/mol. The largest absolute Gasteiger partial charge is 0.416 e. The normalized spacial score (nSPS) is 11.6. The third-order valence-corrected chi connectivity index (χ3v) is 5.22. The molecule has 7 nitrogen and oxygen atoms in total. The highest BCUT2D eigenvalue weighted by atomic mass is 19.4. The number of carbonyl (C=O) groups is 1. The number of hydroxylamine groups is 1. The molecule has 0 aliphatic heterocycles. The van der Waals surface area contributed by atoms with E-state index in [0.717, 1.165) is 4.57 Å². The SMILES string of the molecule is O=C(NO)c1ccc(Cn2c(=O)n(-c3cc(C(F)(F)F)ccc3F)c(=O)c3ccccc32)cc1. The van der Waals surface area contributed by atoms with E-state index in [9.17, 15) is 31.9 Å². The van der Waals surface area contributed by atoms with E-state index in [1.807, 2.05) is 0 Å². The summed E-state index contributed by atoms with van der Waals surface area (Å²) in [5, 5.41) is 8.72. The minimum atomic E-state index is -4.81. The van der Waals surface area contributed by atoms with Crippen LogP contribution in [0.1, 0.15) is 21.5 Å². The van der Waals surface area contributed by atoms with Crippen molar-refractivity contribution in [1.29, 1.82) is 0 Å². The fourth-order valence-electron chi connectivity index (χ4n) is 3.56. The molecule has 4 rings (SSSR count). The van der Waals surface area contributed by atoms with Crippen molar-refractivity contribution < 1.29 is 27.6 Å². The van der Waals surface area contributed by atoms with Gasteiger partial charge in [-0.05, 0) is 48.0 Å². The molecule has 34 heavy (non-hydrogen) atoms. The number of carbonyl (C=O) groups excluding carboxylic acids is 1. The Morgan fingerprint density at radius 1 is 0.971 bits per heavy atom. The van der Waals surface area contributed by atoms with Gasteiger partial charge in [0.2, 0.25) is 0 Å². The Kier molecular flexibility index (Phi) is 5.80. The first-order chi connectivity index (χ1) is 16.1. The van der Waals surface area contributed by atoms with Crippen molar-refractivity contribution >= 4 is 16.8 Å². The Hall–Kier alpha value is -4.25. The van der Waals surface area contributed by atoms with Crippen LogP contribution in [0.5, 0.6) is 0 Å². The lowest BCUT2D eigenvalue weighted by molar-refractivity contribution is -0.137. The first kappa shape index (κ1) is 22.9. The van der Waals surface area contributed by atoms with Gasteiger partial charge in [0.15, 0.2) is 0 Å². The summed E-state index contributed by atoms with van der Waals surface area (Å²) in [6, 6.07) is 13.2. The van der Waals surface area contributed by atoms with E-state index in [-0.39, 0.29) is 23.0 Å². The number of amides is 1. The third kappa shape index (κ3) is 4.08. The lowest BCUT2D eigenvalue weighted by Gasteiger charge is -2.16. The van der Waals surface area contributed by atoms with E-state index in [4.69, 9.17) is 5.21 Å². The van der Waals surface area contributed by atoms with Crippen molar-refractivity contribution in [2.45, 2.75) is 12.7 Å². The zero-order valence-electron chi connectivity index (χ0n) is 17.1. The minimum absolute atomic E-state index is 0.00445. The summed E-state index contributed by atoms with van der Waals surface area (Å²) in [5.74, 6) is -1.92. The van der Waals surface area contributed by atoms with E-state index in [2.05, 4.69) is 0 Å². The average molecular weight is 473 g/mol. The topological polar surface area (TPSA) is 93.3 Å². The first-order valence-electron chi connectivity index (χ1n) is 9.77. The van der Waals surface area contributed by atoms with Crippen LogP contribution in [-0.2, 0) is 12.7 Å². The molecule has 0 atom stereocenters. The Morgan fingerprint density at radius 3 is 2.29 bits per heavy atom. The summed E-state index contributed by atoms with van der Waals surface area (Å²) >= 11 is 0. The number of nitrogens with zero attached hydrogens (tertiary/aromatic N) is 2. The number of benzene rings is 3. The lowest BCUT2D eigenvalue weighted by Crippen LogP contribution is -2.39. The molecule has 0 saturated heterocycles. The van der Waals surface area contributed by atoms with Crippen LogP contribution in [0.15, 0.2) is 76.3 Å². The van der Waals surface area contributed by atoms with Crippen molar-refractivity contribution in [3.63, 3.8) is 0 Å². The highest BCUT2D eigenvalue weighted by molar-refractivity contribution is 5.93. The van der Waals surface area contributed by atoms with Gasteiger partial charge in [0.25, 0.3) is 11.5 Å². The Labute approximate surface area is 188 Å². The molecule has 0 unspecified atom stereocenters. The van der Waals surface area contributed by atoms with Gasteiger partial charge in [-0.2, -0.15) is 13.2 Å². The molecule has 174 valence electrons. The second kappa shape index (κ2) is 8.60. The van der Waals surface area contributed by atoms with Gasteiger partial charge in [-0.25, -0.2) is 19.2 Å². The van der Waals surface area contributed by atoms with Crippen LogP contribution < -0.4 is 16.7 Å². The Morgan fingerprint density at radius 2 is 1.65 bits per heavy atom. The number of rotatable bonds is 4. The second-order valence-electron chi connectivity index (χ2n) is 7.33. The average Bonchev–Trinajstić information content (AvgIpc) is 2.82. The van der Waals surface area contributed by atoms with E-state index >= 15 is 0 Å². The molecule has 0 saturated carbocycles. The van der Waals surface area contributed by atoms with E-state index in [1.54, 1.807) is 6.07 Å². The Bertz CT molecular complexity index is 1520. The van der Waals surface area contributed by atoms with Gasteiger partial charge >= 0.3 is 11.9 Å². The van der Waals surface area contributed by atoms with Crippen molar-refractivity contribution in [3.8, 4) is 5.69 Å². The van der Waals surface area contributed by atoms with Crippen LogP contribution in [0, 0.1) is 5.82 Å². The fraction of sp³-hybridized carbons (Fsp3) is 0.0870. The lowest BCUT2D eigenvalue weighted by atomic mass is 10.1. The summed E-state index contributed by atoms with van der Waals surface area (Å²) in [7, 11) is 0. The van der Waals surface area contributed by atoms with Gasteiger partial charge in [0.1, 0.15) is 5.82 Å². The van der Waals surface area contributed by atoms with Crippen LogP contribution in [0.25, 0.3) is 16.6 Å². The highest BCUT2D eigenvalue weighted by Crippen LogP contribution is 2.31. The number of hydrogen-bond donors (Lipinski definition) is 2. The molecular weight excluding hydrogens is 458 g/mol. The van der Waals surface area contributed by atoms with Gasteiger partial charge in [0.05, 0.1) is 28.7 Å². The van der Waals surface area contributed by atoms with Gasteiger partial charge in [-0.15, -0.1) is 0 Å². The van der Waals surface area contributed by atoms with Crippen molar-refractivity contribution in [3.05, 3.63) is 110 Å². The molecule has 11 heteroatoms. The zero-order chi connectivity index (χ0) is 24.6. The first-order valence-corrected chi connectivity index (χ1v) is 9.77. The van der Waals surface area contributed by atoms with Crippen LogP contribution in [-0.4, -0.2) is 20.2 Å². The van der Waals surface area contributed by atoms with Crippen LogP contribution in [0.2, 0.25) is 0 Å². The molecular formula is C23H15F4N3O4. The number of hydrogen-bond acceptors (Lipinski definition) is 4. The van der Waals surface area contributed by atoms with Gasteiger partial charge in [0, 0.05) is 5.56 Å². The van der Waals surface area contributed by atoms with Crippen molar-refractivity contribution in [1.82, 2.24) is 14.6 Å².